The quantitative estimate of drug-likeness (QED) is 0.146. The lowest BCUT2D eigenvalue weighted by molar-refractivity contribution is 0.133. The van der Waals surface area contributed by atoms with E-state index in [2.05, 4.69) is 71.8 Å². The van der Waals surface area contributed by atoms with Gasteiger partial charge in [0.05, 0.1) is 18.0 Å². The van der Waals surface area contributed by atoms with Crippen molar-refractivity contribution < 1.29 is 5.11 Å². The Morgan fingerprint density at radius 1 is 1.28 bits per heavy atom. The molecule has 5 rings (SSSR count). The van der Waals surface area contributed by atoms with Gasteiger partial charge in [-0.05, 0) is 55.8 Å². The Morgan fingerprint density at radius 3 is 2.97 bits per heavy atom. The van der Waals surface area contributed by atoms with Crippen molar-refractivity contribution in [3.8, 4) is 10.4 Å². The summed E-state index contributed by atoms with van der Waals surface area (Å²) in [5, 5.41) is 25.0. The lowest BCUT2D eigenvalue weighted by Gasteiger charge is -2.28. The Morgan fingerprint density at radius 2 is 2.21 bits per heavy atom. The molecule has 9 heteroatoms. The van der Waals surface area contributed by atoms with E-state index < -0.39 is 0 Å². The summed E-state index contributed by atoms with van der Waals surface area (Å²) in [5.41, 5.74) is 4.34. The van der Waals surface area contributed by atoms with E-state index in [0.717, 1.165) is 67.7 Å². The summed E-state index contributed by atoms with van der Waals surface area (Å²) in [5.74, 6) is 0.154. The summed E-state index contributed by atoms with van der Waals surface area (Å²) in [7, 11) is 0. The van der Waals surface area contributed by atoms with Crippen LogP contribution < -0.4 is 10.2 Å². The van der Waals surface area contributed by atoms with Gasteiger partial charge in [-0.15, -0.1) is 11.3 Å². The number of allylic oxidation sites excluding steroid dienone is 3. The number of rotatable bonds is 14. The molecule has 1 saturated carbocycles. The summed E-state index contributed by atoms with van der Waals surface area (Å²) < 4.78 is 2.26. The third-order valence-electron chi connectivity index (χ3n) is 7.58. The molecule has 4 heterocycles. The maximum absolute atomic E-state index is 11.2. The van der Waals surface area contributed by atoms with Gasteiger partial charge in [0.15, 0.2) is 0 Å². The minimum atomic E-state index is -0.374. The van der Waals surface area contributed by atoms with Gasteiger partial charge >= 0.3 is 0 Å². The van der Waals surface area contributed by atoms with Crippen LogP contribution in [-0.2, 0) is 0 Å². The number of hydrogen-bond donors (Lipinski definition) is 3. The van der Waals surface area contributed by atoms with Crippen LogP contribution in [0.25, 0.3) is 21.5 Å². The monoisotopic (exact) mass is 543 g/mol. The van der Waals surface area contributed by atoms with Gasteiger partial charge < -0.3 is 19.9 Å². The molecule has 0 spiro atoms. The molecule has 39 heavy (non-hydrogen) atoms. The van der Waals surface area contributed by atoms with Crippen molar-refractivity contribution in [1.29, 1.82) is 0 Å². The van der Waals surface area contributed by atoms with Crippen molar-refractivity contribution in [2.24, 2.45) is 5.92 Å². The van der Waals surface area contributed by atoms with Crippen LogP contribution in [0.5, 0.6) is 0 Å². The van der Waals surface area contributed by atoms with Gasteiger partial charge in [0.2, 0.25) is 0 Å². The van der Waals surface area contributed by atoms with E-state index in [1.807, 2.05) is 30.7 Å². The van der Waals surface area contributed by atoms with Gasteiger partial charge in [-0.2, -0.15) is 5.10 Å². The zero-order valence-corrected chi connectivity index (χ0v) is 23.1. The third-order valence-corrected chi connectivity index (χ3v) is 8.48. The van der Waals surface area contributed by atoms with Crippen molar-refractivity contribution in [3.05, 3.63) is 85.6 Å². The van der Waals surface area contributed by atoms with E-state index in [0.29, 0.717) is 6.42 Å². The van der Waals surface area contributed by atoms with E-state index in [-0.39, 0.29) is 18.1 Å². The first-order valence-electron chi connectivity index (χ1n) is 13.6. The molecule has 204 valence electrons. The number of H-pyrrole nitrogens is 1. The average molecular weight is 544 g/mol. The zero-order chi connectivity index (χ0) is 27.0. The number of fused-ring (bicyclic) bond motifs is 1. The van der Waals surface area contributed by atoms with Crippen LogP contribution in [0.4, 0.5) is 5.69 Å². The van der Waals surface area contributed by atoms with E-state index in [9.17, 15) is 5.11 Å². The summed E-state index contributed by atoms with van der Waals surface area (Å²) in [6.07, 6.45) is 18.4. The number of aromatic nitrogens is 5. The van der Waals surface area contributed by atoms with Crippen molar-refractivity contribution in [3.63, 3.8) is 0 Å². The SMILES string of the molecule is C=C/C=C(\C=C)CCNCCCN(C[C@H]1C[C@@H](n2cc(-c3cccs3)c3cncnc32)C[C@@H]1O)c1cn[nH]c1. The van der Waals surface area contributed by atoms with E-state index >= 15 is 0 Å². The highest BCUT2D eigenvalue weighted by atomic mass is 32.1. The molecular weight excluding hydrogens is 506 g/mol. The molecule has 4 aromatic heterocycles. The first-order chi connectivity index (χ1) is 19.2. The molecule has 4 aromatic rings. The molecule has 3 N–H and O–H groups in total. The fourth-order valence-electron chi connectivity index (χ4n) is 5.58. The Hall–Kier alpha value is -3.53. The van der Waals surface area contributed by atoms with Crippen LogP contribution in [0.3, 0.4) is 0 Å². The molecule has 0 aromatic carbocycles. The minimum Gasteiger partial charge on any atom is -0.393 e. The number of nitrogens with one attached hydrogen (secondary N) is 2. The molecule has 8 nitrogen and oxygen atoms in total. The fourth-order valence-corrected chi connectivity index (χ4v) is 6.33. The number of aliphatic hydroxyl groups is 1. The lowest BCUT2D eigenvalue weighted by Crippen LogP contribution is -2.34. The van der Waals surface area contributed by atoms with Gasteiger partial charge in [0.1, 0.15) is 12.0 Å². The van der Waals surface area contributed by atoms with Crippen LogP contribution in [0.1, 0.15) is 31.7 Å². The second kappa shape index (κ2) is 13.0. The average Bonchev–Trinajstić information content (AvgIpc) is 3.76. The molecule has 0 radical (unpaired) electrons. The second-order valence-corrected chi connectivity index (χ2v) is 11.0. The van der Waals surface area contributed by atoms with Gasteiger partial charge in [0.25, 0.3) is 0 Å². The first-order valence-corrected chi connectivity index (χ1v) is 14.5. The zero-order valence-electron chi connectivity index (χ0n) is 22.2. The molecule has 1 aliphatic carbocycles. The molecule has 1 aliphatic rings. The van der Waals surface area contributed by atoms with Crippen LogP contribution in [0.15, 0.2) is 85.6 Å². The van der Waals surface area contributed by atoms with Crippen LogP contribution in [-0.4, -0.2) is 62.1 Å². The van der Waals surface area contributed by atoms with Crippen LogP contribution in [0, 0.1) is 5.92 Å². The van der Waals surface area contributed by atoms with E-state index in [4.69, 9.17) is 0 Å². The second-order valence-electron chi connectivity index (χ2n) is 10.1. The number of hydrogen-bond acceptors (Lipinski definition) is 7. The Bertz CT molecular complexity index is 1380. The topological polar surface area (TPSA) is 94.9 Å². The maximum Gasteiger partial charge on any atom is 0.144 e. The number of thiophene rings is 1. The standard InChI is InChI=1S/C30H37N7OS/c1-3-7-22(4-2)9-11-31-10-6-12-36(25-16-34-35-17-25)19-23-14-24(15-28(23)38)37-20-27(29-8-5-13-39-29)26-18-32-21-33-30(26)37/h3-5,7-8,13,16-18,20-21,23-24,28,31,38H,1-2,6,9-12,14-15,19H2,(H,34,35)/b22-7+/t23-,24-,28+/m1/s1. The predicted octanol–water partition coefficient (Wildman–Crippen LogP) is 5.37. The Kier molecular flexibility index (Phi) is 9.03. The van der Waals surface area contributed by atoms with Crippen molar-refractivity contribution >= 4 is 28.1 Å². The van der Waals surface area contributed by atoms with Crippen molar-refractivity contribution in [2.45, 2.75) is 37.8 Å². The van der Waals surface area contributed by atoms with Crippen LogP contribution in [0.2, 0.25) is 0 Å². The number of anilines is 1. The van der Waals surface area contributed by atoms with Crippen molar-refractivity contribution in [2.75, 3.05) is 31.1 Å². The minimum absolute atomic E-state index is 0.154. The Labute approximate surface area is 233 Å². The number of nitrogens with zero attached hydrogens (tertiary/aromatic N) is 5. The van der Waals surface area contributed by atoms with E-state index in [1.54, 1.807) is 23.7 Å². The molecule has 0 unspecified atom stereocenters. The largest absolute Gasteiger partial charge is 0.393 e. The third kappa shape index (κ3) is 6.38. The summed E-state index contributed by atoms with van der Waals surface area (Å²) in [6.45, 7) is 11.1. The molecule has 0 bridgehead atoms. The van der Waals surface area contributed by atoms with Gasteiger partial charge in [-0.3, -0.25) is 5.10 Å². The molecule has 0 aliphatic heterocycles. The van der Waals surface area contributed by atoms with Crippen LogP contribution >= 0.6 is 11.3 Å². The summed E-state index contributed by atoms with van der Waals surface area (Å²) in [6, 6.07) is 4.39. The van der Waals surface area contributed by atoms with Gasteiger partial charge in [-0.1, -0.05) is 37.5 Å². The molecule has 0 amide bonds. The summed E-state index contributed by atoms with van der Waals surface area (Å²) in [4.78, 5) is 12.5. The molecular formula is C30H37N7OS. The highest BCUT2D eigenvalue weighted by Gasteiger charge is 2.36. The van der Waals surface area contributed by atoms with Gasteiger partial charge in [0, 0.05) is 59.5 Å². The highest BCUT2D eigenvalue weighted by molar-refractivity contribution is 7.13. The number of aliphatic hydroxyl groups excluding tert-OH is 1. The van der Waals surface area contributed by atoms with Gasteiger partial charge in [-0.25, -0.2) is 9.97 Å². The lowest BCUT2D eigenvalue weighted by atomic mass is 10.0. The highest BCUT2D eigenvalue weighted by Crippen LogP contribution is 2.41. The predicted molar refractivity (Wildman–Crippen MR) is 160 cm³/mol. The number of aromatic amines is 1. The first kappa shape index (κ1) is 27.1. The van der Waals surface area contributed by atoms with Crippen molar-refractivity contribution in [1.82, 2.24) is 30.0 Å². The smallest absolute Gasteiger partial charge is 0.144 e. The Balaban J connectivity index is 1.22. The molecule has 0 saturated heterocycles. The fraction of sp³-hybridized carbons (Fsp3) is 0.367. The molecule has 3 atom stereocenters. The normalized spacial score (nSPS) is 19.5. The molecule has 1 fully saturated rings. The summed E-state index contributed by atoms with van der Waals surface area (Å²) >= 11 is 1.72. The maximum atomic E-state index is 11.2. The van der Waals surface area contributed by atoms with E-state index in [1.165, 1.54) is 10.5 Å².